The summed E-state index contributed by atoms with van der Waals surface area (Å²) in [6, 6.07) is 9.90. The fourth-order valence-electron chi connectivity index (χ4n) is 4.66. The van der Waals surface area contributed by atoms with Crippen LogP contribution in [0.2, 0.25) is 0 Å². The van der Waals surface area contributed by atoms with E-state index in [1.807, 2.05) is 17.4 Å². The van der Waals surface area contributed by atoms with E-state index < -0.39 is 31.2 Å². The number of piperidine rings is 1. The zero-order valence-corrected chi connectivity index (χ0v) is 19.0. The number of carbonyl (C=O) groups is 1. The van der Waals surface area contributed by atoms with E-state index in [4.69, 9.17) is 0 Å². The van der Waals surface area contributed by atoms with Crippen LogP contribution in [0.25, 0.3) is 11.1 Å². The molecular formula is C25H31F3N4O2. The third kappa shape index (κ3) is 5.95. The number of aromatic nitrogens is 1. The average molecular weight is 477 g/mol. The Morgan fingerprint density at radius 2 is 1.74 bits per heavy atom. The molecule has 2 N–H and O–H groups in total. The maximum atomic E-state index is 13.2. The maximum absolute atomic E-state index is 13.2. The largest absolute Gasteiger partial charge is 0.386 e. The van der Waals surface area contributed by atoms with Crippen molar-refractivity contribution in [3.05, 3.63) is 53.9 Å². The number of nitrogens with zero attached hydrogens (tertiary/aromatic N) is 3. The smallest absolute Gasteiger partial charge is 0.315 e. The Bertz CT molecular complexity index is 930. The molecule has 34 heavy (non-hydrogen) atoms. The summed E-state index contributed by atoms with van der Waals surface area (Å²) < 4.78 is 38.0. The first-order chi connectivity index (χ1) is 16.4. The van der Waals surface area contributed by atoms with Gasteiger partial charge in [0.15, 0.2) is 0 Å². The van der Waals surface area contributed by atoms with Gasteiger partial charge < -0.3 is 10.4 Å². The van der Waals surface area contributed by atoms with Crippen molar-refractivity contribution >= 4 is 5.91 Å². The minimum atomic E-state index is -3.27. The van der Waals surface area contributed by atoms with Gasteiger partial charge in [-0.1, -0.05) is 36.8 Å². The minimum Gasteiger partial charge on any atom is -0.386 e. The first-order valence-electron chi connectivity index (χ1n) is 11.8. The predicted molar refractivity (Wildman–Crippen MR) is 123 cm³/mol. The van der Waals surface area contributed by atoms with Crippen LogP contribution in [0.3, 0.4) is 0 Å². The van der Waals surface area contributed by atoms with Crippen LogP contribution >= 0.6 is 0 Å². The molecule has 0 radical (unpaired) electrons. The van der Waals surface area contributed by atoms with Gasteiger partial charge in [-0.2, -0.15) is 8.78 Å². The Hall–Kier alpha value is -2.49. The monoisotopic (exact) mass is 476 g/mol. The van der Waals surface area contributed by atoms with Crippen LogP contribution in [-0.4, -0.2) is 77.2 Å². The van der Waals surface area contributed by atoms with E-state index >= 15 is 0 Å². The molecule has 0 unspecified atom stereocenters. The number of aliphatic hydroxyl groups is 1. The van der Waals surface area contributed by atoms with E-state index in [0.717, 1.165) is 36.5 Å². The lowest BCUT2D eigenvalue weighted by atomic mass is 9.99. The molecule has 4 rings (SSSR count). The number of pyridine rings is 1. The van der Waals surface area contributed by atoms with Crippen molar-refractivity contribution in [2.45, 2.75) is 50.4 Å². The van der Waals surface area contributed by atoms with Gasteiger partial charge in [0, 0.05) is 37.4 Å². The number of hydrogen-bond donors (Lipinski definition) is 2. The number of likely N-dealkylation sites (tertiary alicyclic amines) is 2. The molecule has 1 aromatic heterocycles. The Kier molecular flexibility index (Phi) is 8.18. The Balaban J connectivity index is 1.30. The van der Waals surface area contributed by atoms with E-state index in [2.05, 4.69) is 14.8 Å². The highest BCUT2D eigenvalue weighted by molar-refractivity contribution is 5.79. The molecule has 1 amide bonds. The van der Waals surface area contributed by atoms with Crippen LogP contribution in [-0.2, 0) is 11.3 Å². The number of nitrogens with one attached hydrogen (secondary N) is 1. The molecule has 2 aliphatic rings. The molecule has 2 saturated heterocycles. The van der Waals surface area contributed by atoms with E-state index in [9.17, 15) is 23.1 Å². The molecular weight excluding hydrogens is 445 g/mol. The number of amides is 1. The third-order valence-electron chi connectivity index (χ3n) is 6.71. The van der Waals surface area contributed by atoms with Crippen LogP contribution in [0.15, 0.2) is 42.6 Å². The van der Waals surface area contributed by atoms with E-state index in [-0.39, 0.29) is 0 Å². The third-order valence-corrected chi connectivity index (χ3v) is 6.71. The summed E-state index contributed by atoms with van der Waals surface area (Å²) in [5.74, 6) is -1.61. The van der Waals surface area contributed by atoms with Gasteiger partial charge in [-0.3, -0.25) is 19.6 Å². The normalized spacial score (nSPS) is 19.6. The topological polar surface area (TPSA) is 68.7 Å². The lowest BCUT2D eigenvalue weighted by molar-refractivity contribution is -0.133. The van der Waals surface area contributed by atoms with Crippen molar-refractivity contribution < 1.29 is 23.1 Å². The molecule has 0 bridgehead atoms. The molecule has 6 nitrogen and oxygen atoms in total. The lowest BCUT2D eigenvalue weighted by Gasteiger charge is -2.46. The number of aliphatic hydroxyl groups excluding tert-OH is 1. The van der Waals surface area contributed by atoms with E-state index in [0.29, 0.717) is 11.6 Å². The molecule has 0 saturated carbocycles. The van der Waals surface area contributed by atoms with Crippen molar-refractivity contribution in [3.8, 4) is 11.1 Å². The summed E-state index contributed by atoms with van der Waals surface area (Å²) in [5, 5.41) is 12.1. The average Bonchev–Trinajstić information content (AvgIpc) is 2.85. The standard InChI is InChI=1S/C25H31F3N4O2/c26-12-22(30-25(34)24(27)28)23(33)18-6-4-17(5-7-18)19-8-9-20(29-13-19)14-31-15-21(16-31)32-10-2-1-3-11-32/h4-9,13,21-24,33H,1-3,10-12,14-16H2,(H,30,34)/t22-,23-/m1/s1. The minimum absolute atomic E-state index is 0.326. The Morgan fingerprint density at radius 1 is 1.06 bits per heavy atom. The highest BCUT2D eigenvalue weighted by Gasteiger charge is 2.32. The number of rotatable bonds is 9. The maximum Gasteiger partial charge on any atom is 0.315 e. The van der Waals surface area contributed by atoms with Crippen LogP contribution in [0.4, 0.5) is 13.2 Å². The van der Waals surface area contributed by atoms with Gasteiger partial charge in [0.25, 0.3) is 5.91 Å². The summed E-state index contributed by atoms with van der Waals surface area (Å²) >= 11 is 0. The van der Waals surface area contributed by atoms with Crippen LogP contribution in [0, 0.1) is 0 Å². The number of carbonyl (C=O) groups excluding carboxylic acids is 1. The quantitative estimate of drug-likeness (QED) is 0.582. The van der Waals surface area contributed by atoms with Gasteiger partial charge in [-0.25, -0.2) is 4.39 Å². The highest BCUT2D eigenvalue weighted by Crippen LogP contribution is 2.25. The van der Waals surface area contributed by atoms with Crippen molar-refractivity contribution in [1.82, 2.24) is 20.1 Å². The molecule has 3 heterocycles. The summed E-state index contributed by atoms with van der Waals surface area (Å²) in [5.41, 5.74) is 3.09. The van der Waals surface area contributed by atoms with E-state index in [1.54, 1.807) is 30.5 Å². The van der Waals surface area contributed by atoms with Crippen LogP contribution < -0.4 is 5.32 Å². The zero-order valence-electron chi connectivity index (χ0n) is 19.0. The molecule has 9 heteroatoms. The molecule has 1 aromatic carbocycles. The second-order valence-corrected chi connectivity index (χ2v) is 9.12. The number of alkyl halides is 3. The fourth-order valence-corrected chi connectivity index (χ4v) is 4.66. The molecule has 2 fully saturated rings. The van der Waals surface area contributed by atoms with Gasteiger partial charge in [-0.15, -0.1) is 0 Å². The summed E-state index contributed by atoms with van der Waals surface area (Å²) in [6.45, 7) is 4.28. The fraction of sp³-hybridized carbons (Fsp3) is 0.520. The summed E-state index contributed by atoms with van der Waals surface area (Å²) in [4.78, 5) is 20.8. The predicted octanol–water partition coefficient (Wildman–Crippen LogP) is 3.17. The first-order valence-corrected chi connectivity index (χ1v) is 11.8. The van der Waals surface area contributed by atoms with Crippen LogP contribution in [0.5, 0.6) is 0 Å². The lowest BCUT2D eigenvalue weighted by Crippen LogP contribution is -2.59. The zero-order chi connectivity index (χ0) is 24.1. The summed E-state index contributed by atoms with van der Waals surface area (Å²) in [6.07, 6.45) is 1.07. The molecule has 0 spiro atoms. The first kappa shape index (κ1) is 24.6. The van der Waals surface area contributed by atoms with E-state index in [1.165, 1.54) is 32.4 Å². The van der Waals surface area contributed by atoms with Gasteiger partial charge in [0.05, 0.1) is 11.7 Å². The second-order valence-electron chi connectivity index (χ2n) is 9.12. The highest BCUT2D eigenvalue weighted by atomic mass is 19.3. The van der Waals surface area contributed by atoms with Crippen molar-refractivity contribution in [1.29, 1.82) is 0 Å². The molecule has 0 aliphatic carbocycles. The number of hydrogen-bond acceptors (Lipinski definition) is 5. The van der Waals surface area contributed by atoms with Crippen molar-refractivity contribution in [2.24, 2.45) is 0 Å². The SMILES string of the molecule is O=C(N[C@H](CF)[C@H](O)c1ccc(-c2ccc(CN3CC(N4CCCCC4)C3)nc2)cc1)C(F)F. The van der Waals surface area contributed by atoms with Crippen molar-refractivity contribution in [2.75, 3.05) is 32.9 Å². The number of benzene rings is 1. The van der Waals surface area contributed by atoms with Gasteiger partial charge in [0.1, 0.15) is 12.8 Å². The number of halogens is 3. The van der Waals surface area contributed by atoms with Gasteiger partial charge in [-0.05, 0) is 43.1 Å². The molecule has 2 atom stereocenters. The second kappa shape index (κ2) is 11.3. The molecule has 2 aliphatic heterocycles. The van der Waals surface area contributed by atoms with Gasteiger partial charge in [0.2, 0.25) is 0 Å². The van der Waals surface area contributed by atoms with Crippen molar-refractivity contribution in [3.63, 3.8) is 0 Å². The molecule has 2 aromatic rings. The molecule has 184 valence electrons. The van der Waals surface area contributed by atoms with Crippen LogP contribution in [0.1, 0.15) is 36.6 Å². The Labute approximate surface area is 197 Å². The summed E-state index contributed by atoms with van der Waals surface area (Å²) in [7, 11) is 0. The van der Waals surface area contributed by atoms with Gasteiger partial charge >= 0.3 is 6.43 Å². The Morgan fingerprint density at radius 3 is 2.32 bits per heavy atom.